The topological polar surface area (TPSA) is 12.9 Å². The van der Waals surface area contributed by atoms with Crippen LogP contribution >= 0.6 is 11.8 Å². The van der Waals surface area contributed by atoms with E-state index in [0.29, 0.717) is 0 Å². The van der Waals surface area contributed by atoms with Gasteiger partial charge in [0, 0.05) is 16.5 Å². The lowest BCUT2D eigenvalue weighted by Gasteiger charge is -2.13. The first-order valence-electron chi connectivity index (χ1n) is 6.70. The molecule has 0 spiro atoms. The van der Waals surface area contributed by atoms with Gasteiger partial charge in [-0.2, -0.15) is 0 Å². The molecule has 3 aromatic rings. The maximum absolute atomic E-state index is 4.58. The zero-order valence-corrected chi connectivity index (χ0v) is 12.8. The molecule has 0 bridgehead atoms. The van der Waals surface area contributed by atoms with E-state index in [1.807, 2.05) is 6.20 Å². The quantitative estimate of drug-likeness (QED) is 0.595. The number of hydrogen-bond donors (Lipinski definition) is 0. The molecule has 1 heterocycles. The summed E-state index contributed by atoms with van der Waals surface area (Å²) >= 11 is 1.79. The van der Waals surface area contributed by atoms with Crippen LogP contribution in [0.25, 0.3) is 22.0 Å². The average molecular weight is 279 g/mol. The van der Waals surface area contributed by atoms with Crippen molar-refractivity contribution in [3.63, 3.8) is 0 Å². The fraction of sp³-hybridized carbons (Fsp3) is 0.167. The fourth-order valence-corrected chi connectivity index (χ4v) is 3.27. The summed E-state index contributed by atoms with van der Waals surface area (Å²) in [5.74, 6) is 0. The number of pyridine rings is 1. The molecule has 0 saturated heterocycles. The summed E-state index contributed by atoms with van der Waals surface area (Å²) in [6.45, 7) is 4.31. The van der Waals surface area contributed by atoms with Gasteiger partial charge < -0.3 is 0 Å². The summed E-state index contributed by atoms with van der Waals surface area (Å²) < 4.78 is 0. The SMILES string of the molecule is CSc1ccccc1-c1ccc2c(C)ccnc2c1C. The van der Waals surface area contributed by atoms with Crippen molar-refractivity contribution >= 4 is 22.7 Å². The predicted molar refractivity (Wildman–Crippen MR) is 88.4 cm³/mol. The number of thioether (sulfide) groups is 1. The summed E-state index contributed by atoms with van der Waals surface area (Å²) in [5.41, 5.74) is 6.22. The molecule has 100 valence electrons. The van der Waals surface area contributed by atoms with E-state index in [-0.39, 0.29) is 0 Å². The number of benzene rings is 2. The summed E-state index contributed by atoms with van der Waals surface area (Å²) in [6, 6.07) is 15.0. The van der Waals surface area contributed by atoms with Crippen molar-refractivity contribution in [2.24, 2.45) is 0 Å². The van der Waals surface area contributed by atoms with Crippen molar-refractivity contribution < 1.29 is 0 Å². The van der Waals surface area contributed by atoms with E-state index in [2.05, 4.69) is 67.6 Å². The van der Waals surface area contributed by atoms with Gasteiger partial charge in [-0.25, -0.2) is 0 Å². The Bertz CT molecular complexity index is 777. The second-order valence-corrected chi connectivity index (χ2v) is 5.81. The Morgan fingerprint density at radius 3 is 2.50 bits per heavy atom. The fourth-order valence-electron chi connectivity index (χ4n) is 2.66. The Hall–Kier alpha value is -1.80. The number of fused-ring (bicyclic) bond motifs is 1. The van der Waals surface area contributed by atoms with Crippen LogP contribution in [-0.4, -0.2) is 11.2 Å². The molecule has 0 aliphatic heterocycles. The van der Waals surface area contributed by atoms with E-state index in [1.54, 1.807) is 11.8 Å². The third-order valence-electron chi connectivity index (χ3n) is 3.78. The molecule has 2 heteroatoms. The molecule has 1 nitrogen and oxygen atoms in total. The number of aryl methyl sites for hydroxylation is 2. The van der Waals surface area contributed by atoms with Gasteiger partial charge in [0.1, 0.15) is 0 Å². The van der Waals surface area contributed by atoms with Crippen LogP contribution in [-0.2, 0) is 0 Å². The van der Waals surface area contributed by atoms with Crippen LogP contribution in [0.4, 0.5) is 0 Å². The van der Waals surface area contributed by atoms with Crippen LogP contribution in [0.1, 0.15) is 11.1 Å². The lowest BCUT2D eigenvalue weighted by atomic mass is 9.96. The van der Waals surface area contributed by atoms with E-state index >= 15 is 0 Å². The number of nitrogens with zero attached hydrogens (tertiary/aromatic N) is 1. The molecule has 0 saturated carbocycles. The predicted octanol–water partition coefficient (Wildman–Crippen LogP) is 5.24. The summed E-state index contributed by atoms with van der Waals surface area (Å²) in [6.07, 6.45) is 4.02. The first-order valence-corrected chi connectivity index (χ1v) is 7.93. The highest BCUT2D eigenvalue weighted by atomic mass is 32.2. The minimum absolute atomic E-state index is 1.11. The van der Waals surface area contributed by atoms with Crippen molar-refractivity contribution in [3.05, 3.63) is 59.8 Å². The number of rotatable bonds is 2. The van der Waals surface area contributed by atoms with E-state index < -0.39 is 0 Å². The van der Waals surface area contributed by atoms with Gasteiger partial charge >= 0.3 is 0 Å². The molecule has 0 unspecified atom stereocenters. The highest BCUT2D eigenvalue weighted by molar-refractivity contribution is 7.98. The summed E-state index contributed by atoms with van der Waals surface area (Å²) in [4.78, 5) is 5.88. The molecule has 0 radical (unpaired) electrons. The summed E-state index contributed by atoms with van der Waals surface area (Å²) in [5, 5.41) is 1.25. The molecular weight excluding hydrogens is 262 g/mol. The van der Waals surface area contributed by atoms with E-state index in [0.717, 1.165) is 5.52 Å². The van der Waals surface area contributed by atoms with Crippen molar-refractivity contribution in [1.82, 2.24) is 4.98 Å². The van der Waals surface area contributed by atoms with Gasteiger partial charge in [0.15, 0.2) is 0 Å². The molecule has 0 aliphatic rings. The van der Waals surface area contributed by atoms with Crippen LogP contribution in [0.2, 0.25) is 0 Å². The zero-order chi connectivity index (χ0) is 14.1. The Kier molecular flexibility index (Phi) is 3.49. The molecule has 0 N–H and O–H groups in total. The van der Waals surface area contributed by atoms with E-state index in [4.69, 9.17) is 0 Å². The zero-order valence-electron chi connectivity index (χ0n) is 12.0. The Labute approximate surface area is 124 Å². The molecule has 20 heavy (non-hydrogen) atoms. The second kappa shape index (κ2) is 5.29. The van der Waals surface area contributed by atoms with Crippen LogP contribution in [0.5, 0.6) is 0 Å². The standard InChI is InChI=1S/C18H17NS/c1-12-10-11-19-18-13(2)15(9-8-14(12)18)16-6-4-5-7-17(16)20-3/h4-11H,1-3H3. The lowest BCUT2D eigenvalue weighted by molar-refractivity contribution is 1.33. The van der Waals surface area contributed by atoms with Crippen molar-refractivity contribution in [3.8, 4) is 11.1 Å². The van der Waals surface area contributed by atoms with E-state index in [9.17, 15) is 0 Å². The maximum Gasteiger partial charge on any atom is 0.0739 e. The smallest absolute Gasteiger partial charge is 0.0739 e. The van der Waals surface area contributed by atoms with Crippen molar-refractivity contribution in [2.45, 2.75) is 18.7 Å². The van der Waals surface area contributed by atoms with Gasteiger partial charge in [0.2, 0.25) is 0 Å². The van der Waals surface area contributed by atoms with Crippen molar-refractivity contribution in [1.29, 1.82) is 0 Å². The molecule has 2 aromatic carbocycles. The minimum Gasteiger partial charge on any atom is -0.256 e. The van der Waals surface area contributed by atoms with E-state index in [1.165, 1.54) is 32.5 Å². The third kappa shape index (κ3) is 2.10. The Morgan fingerprint density at radius 1 is 0.900 bits per heavy atom. The van der Waals surface area contributed by atoms with Crippen LogP contribution in [0.15, 0.2) is 53.6 Å². The number of aromatic nitrogens is 1. The molecule has 3 rings (SSSR count). The second-order valence-electron chi connectivity index (χ2n) is 4.96. The largest absolute Gasteiger partial charge is 0.256 e. The molecule has 0 atom stereocenters. The third-order valence-corrected chi connectivity index (χ3v) is 4.58. The number of hydrogen-bond acceptors (Lipinski definition) is 2. The van der Waals surface area contributed by atoms with Crippen LogP contribution < -0.4 is 0 Å². The highest BCUT2D eigenvalue weighted by Crippen LogP contribution is 2.35. The highest BCUT2D eigenvalue weighted by Gasteiger charge is 2.10. The van der Waals surface area contributed by atoms with Gasteiger partial charge in [-0.05, 0) is 54.5 Å². The van der Waals surface area contributed by atoms with Gasteiger partial charge in [-0.15, -0.1) is 11.8 Å². The van der Waals surface area contributed by atoms with Gasteiger partial charge in [-0.3, -0.25) is 4.98 Å². The first kappa shape index (κ1) is 13.2. The lowest BCUT2D eigenvalue weighted by Crippen LogP contribution is -1.91. The molecule has 0 fully saturated rings. The summed E-state index contributed by atoms with van der Waals surface area (Å²) in [7, 11) is 0. The monoisotopic (exact) mass is 279 g/mol. The normalized spacial score (nSPS) is 10.9. The van der Waals surface area contributed by atoms with Crippen LogP contribution in [0.3, 0.4) is 0 Å². The Morgan fingerprint density at radius 2 is 1.70 bits per heavy atom. The molecule has 1 aromatic heterocycles. The maximum atomic E-state index is 4.58. The first-order chi connectivity index (χ1) is 9.72. The molecular formula is C18H17NS. The van der Waals surface area contributed by atoms with Gasteiger partial charge in [-0.1, -0.05) is 30.3 Å². The van der Waals surface area contributed by atoms with Crippen LogP contribution in [0, 0.1) is 13.8 Å². The van der Waals surface area contributed by atoms with Gasteiger partial charge in [0.05, 0.1) is 5.52 Å². The average Bonchev–Trinajstić information content (AvgIpc) is 2.48. The minimum atomic E-state index is 1.11. The molecule has 0 aliphatic carbocycles. The van der Waals surface area contributed by atoms with Gasteiger partial charge in [0.25, 0.3) is 0 Å². The Balaban J connectivity index is 2.30. The molecule has 0 amide bonds. The van der Waals surface area contributed by atoms with Crippen molar-refractivity contribution in [2.75, 3.05) is 6.26 Å².